The van der Waals surface area contributed by atoms with Gasteiger partial charge in [0.25, 0.3) is 0 Å². The van der Waals surface area contributed by atoms with E-state index in [2.05, 4.69) is 63.7 Å². The average molecular weight is 369 g/mol. The quantitative estimate of drug-likeness (QED) is 0.470. The predicted octanol–water partition coefficient (Wildman–Crippen LogP) is 4.43. The van der Waals surface area contributed by atoms with Crippen LogP contribution in [0.2, 0.25) is 0 Å². The van der Waals surface area contributed by atoms with Crippen molar-refractivity contribution in [2.45, 2.75) is 5.92 Å². The molecule has 27 heavy (non-hydrogen) atoms. The molecule has 3 aromatic heterocycles. The van der Waals surface area contributed by atoms with Crippen molar-refractivity contribution in [1.29, 1.82) is 0 Å². The Morgan fingerprint density at radius 2 is 1.48 bits per heavy atom. The maximum atomic E-state index is 4.88. The third kappa shape index (κ3) is 2.90. The first-order valence-corrected chi connectivity index (χ1v) is 9.44. The van der Waals surface area contributed by atoms with Crippen LogP contribution >= 0.6 is 11.3 Å². The van der Waals surface area contributed by atoms with Crippen LogP contribution in [0.25, 0.3) is 16.3 Å². The van der Waals surface area contributed by atoms with Crippen molar-refractivity contribution in [2.75, 3.05) is 0 Å². The minimum absolute atomic E-state index is 0.0563. The fourth-order valence-corrected chi connectivity index (χ4v) is 4.19. The van der Waals surface area contributed by atoms with Crippen LogP contribution in [0.3, 0.4) is 0 Å². The maximum Gasteiger partial charge on any atom is 0.234 e. The molecule has 5 rings (SSSR count). The first-order valence-electron chi connectivity index (χ1n) is 8.62. The number of hydrogen-bond acceptors (Lipinski definition) is 5. The molecule has 0 atom stereocenters. The minimum Gasteiger partial charge on any atom is -0.264 e. The van der Waals surface area contributed by atoms with Gasteiger partial charge < -0.3 is 0 Å². The monoisotopic (exact) mass is 369 g/mol. The van der Waals surface area contributed by atoms with Gasteiger partial charge in [-0.2, -0.15) is 9.61 Å². The van der Waals surface area contributed by atoms with Gasteiger partial charge in [-0.1, -0.05) is 72.0 Å². The summed E-state index contributed by atoms with van der Waals surface area (Å²) in [5.74, 6) is 0.765. The number of fused-ring (bicyclic) bond motifs is 1. The molecule has 0 saturated heterocycles. The fraction of sp³-hybridized carbons (Fsp3) is 0.0476. The lowest BCUT2D eigenvalue weighted by Crippen LogP contribution is -2.04. The van der Waals surface area contributed by atoms with E-state index in [1.807, 2.05) is 28.8 Å². The molecule has 0 aliphatic heterocycles. The van der Waals surface area contributed by atoms with E-state index in [0.29, 0.717) is 5.82 Å². The molecular formula is C21H15N5S. The number of benzene rings is 2. The Kier molecular flexibility index (Phi) is 3.95. The van der Waals surface area contributed by atoms with Gasteiger partial charge in [0.1, 0.15) is 5.01 Å². The zero-order valence-electron chi connectivity index (χ0n) is 14.3. The van der Waals surface area contributed by atoms with Crippen LogP contribution in [0.4, 0.5) is 0 Å². The van der Waals surface area contributed by atoms with Crippen molar-refractivity contribution >= 4 is 16.3 Å². The second-order valence-electron chi connectivity index (χ2n) is 6.15. The second-order valence-corrected chi connectivity index (χ2v) is 7.14. The van der Waals surface area contributed by atoms with Gasteiger partial charge in [-0.05, 0) is 23.3 Å². The van der Waals surface area contributed by atoms with E-state index in [9.17, 15) is 0 Å². The average Bonchev–Trinajstić information content (AvgIpc) is 3.31. The predicted molar refractivity (Wildman–Crippen MR) is 106 cm³/mol. The molecule has 0 aliphatic rings. The van der Waals surface area contributed by atoms with Crippen LogP contribution in [0, 0.1) is 0 Å². The molecule has 0 spiro atoms. The lowest BCUT2D eigenvalue weighted by molar-refractivity contribution is 0.863. The van der Waals surface area contributed by atoms with Crippen molar-refractivity contribution in [1.82, 2.24) is 24.8 Å². The summed E-state index contributed by atoms with van der Waals surface area (Å²) >= 11 is 1.57. The molecule has 0 radical (unpaired) electrons. The SMILES string of the molecule is c1ccc(C(c2ccccc2)c2nn3c(-c4cccnc4)nnc3s2)cc1. The molecule has 3 heterocycles. The topological polar surface area (TPSA) is 56.0 Å². The highest BCUT2D eigenvalue weighted by Gasteiger charge is 2.23. The molecule has 0 N–H and O–H groups in total. The maximum absolute atomic E-state index is 4.88. The lowest BCUT2D eigenvalue weighted by Gasteiger charge is -2.15. The molecule has 0 amide bonds. The summed E-state index contributed by atoms with van der Waals surface area (Å²) < 4.78 is 1.82. The van der Waals surface area contributed by atoms with Crippen molar-refractivity contribution in [2.24, 2.45) is 0 Å². The largest absolute Gasteiger partial charge is 0.264 e. The van der Waals surface area contributed by atoms with Crippen LogP contribution in [0.1, 0.15) is 22.1 Å². The smallest absolute Gasteiger partial charge is 0.234 e. The molecule has 0 saturated carbocycles. The Labute approximate surface area is 160 Å². The summed E-state index contributed by atoms with van der Waals surface area (Å²) in [6.07, 6.45) is 3.52. The molecular weight excluding hydrogens is 354 g/mol. The highest BCUT2D eigenvalue weighted by Crippen LogP contribution is 2.35. The van der Waals surface area contributed by atoms with Gasteiger partial charge >= 0.3 is 0 Å². The van der Waals surface area contributed by atoms with Gasteiger partial charge in [-0.25, -0.2) is 0 Å². The van der Waals surface area contributed by atoms with E-state index in [1.165, 1.54) is 11.1 Å². The van der Waals surface area contributed by atoms with Crippen molar-refractivity contribution in [3.63, 3.8) is 0 Å². The molecule has 6 heteroatoms. The van der Waals surface area contributed by atoms with E-state index in [0.717, 1.165) is 15.5 Å². The van der Waals surface area contributed by atoms with Crippen LogP contribution < -0.4 is 0 Å². The van der Waals surface area contributed by atoms with Crippen molar-refractivity contribution in [3.05, 3.63) is 101 Å². The molecule has 2 aromatic carbocycles. The van der Waals surface area contributed by atoms with Gasteiger partial charge in [0, 0.05) is 18.0 Å². The molecule has 0 aliphatic carbocycles. The van der Waals surface area contributed by atoms with E-state index in [-0.39, 0.29) is 5.92 Å². The van der Waals surface area contributed by atoms with Crippen LogP contribution in [-0.2, 0) is 0 Å². The van der Waals surface area contributed by atoms with Gasteiger partial charge in [0.05, 0.1) is 5.92 Å². The molecule has 0 bridgehead atoms. The van der Waals surface area contributed by atoms with Crippen molar-refractivity contribution < 1.29 is 0 Å². The summed E-state index contributed by atoms with van der Waals surface area (Å²) in [5, 5.41) is 14.5. The summed E-state index contributed by atoms with van der Waals surface area (Å²) in [6, 6.07) is 24.7. The van der Waals surface area contributed by atoms with Gasteiger partial charge in [-0.3, -0.25) is 4.98 Å². The second kappa shape index (κ2) is 6.74. The number of aromatic nitrogens is 5. The van der Waals surface area contributed by atoms with E-state index < -0.39 is 0 Å². The Morgan fingerprint density at radius 3 is 2.11 bits per heavy atom. The zero-order valence-corrected chi connectivity index (χ0v) is 15.1. The third-order valence-electron chi connectivity index (χ3n) is 4.44. The fourth-order valence-electron chi connectivity index (χ4n) is 3.19. The Morgan fingerprint density at radius 1 is 0.778 bits per heavy atom. The molecule has 130 valence electrons. The summed E-state index contributed by atoms with van der Waals surface area (Å²) in [5.41, 5.74) is 3.31. The lowest BCUT2D eigenvalue weighted by atomic mass is 9.92. The molecule has 0 fully saturated rings. The number of rotatable bonds is 4. The standard InChI is InChI=1S/C21H15N5S/c1-3-8-15(9-4-1)18(16-10-5-2-6-11-16)20-25-26-19(23-24-21(26)27-20)17-12-7-13-22-14-17/h1-14,18H. The number of nitrogens with zero attached hydrogens (tertiary/aromatic N) is 5. The summed E-state index contributed by atoms with van der Waals surface area (Å²) in [7, 11) is 0. The Hall–Kier alpha value is -3.38. The van der Waals surface area contributed by atoms with E-state index in [1.54, 1.807) is 23.7 Å². The molecule has 5 aromatic rings. The van der Waals surface area contributed by atoms with Crippen molar-refractivity contribution in [3.8, 4) is 11.4 Å². The Bertz CT molecular complexity index is 1130. The molecule has 5 nitrogen and oxygen atoms in total. The highest BCUT2D eigenvalue weighted by atomic mass is 32.1. The summed E-state index contributed by atoms with van der Waals surface area (Å²) in [4.78, 5) is 4.96. The van der Waals surface area contributed by atoms with Gasteiger partial charge in [0.15, 0.2) is 5.82 Å². The first kappa shape index (κ1) is 15.8. The Balaban J connectivity index is 1.67. The normalized spacial score (nSPS) is 11.3. The van der Waals surface area contributed by atoms with Crippen LogP contribution in [0.5, 0.6) is 0 Å². The summed E-state index contributed by atoms with van der Waals surface area (Å²) in [6.45, 7) is 0. The van der Waals surface area contributed by atoms with Gasteiger partial charge in [-0.15, -0.1) is 10.2 Å². The van der Waals surface area contributed by atoms with Crippen LogP contribution in [-0.4, -0.2) is 24.8 Å². The first-order chi connectivity index (χ1) is 13.4. The number of hydrogen-bond donors (Lipinski definition) is 0. The minimum atomic E-state index is 0.0563. The third-order valence-corrected chi connectivity index (χ3v) is 5.40. The van der Waals surface area contributed by atoms with Gasteiger partial charge in [0.2, 0.25) is 4.96 Å². The highest BCUT2D eigenvalue weighted by molar-refractivity contribution is 7.16. The van der Waals surface area contributed by atoms with E-state index in [4.69, 9.17) is 5.10 Å². The zero-order chi connectivity index (χ0) is 18.1. The number of pyridine rings is 1. The van der Waals surface area contributed by atoms with E-state index >= 15 is 0 Å². The van der Waals surface area contributed by atoms with Crippen LogP contribution in [0.15, 0.2) is 85.2 Å². The molecule has 0 unspecified atom stereocenters.